The van der Waals surface area contributed by atoms with E-state index in [1.807, 2.05) is 37.3 Å². The number of halogens is 3. The Morgan fingerprint density at radius 2 is 1.56 bits per heavy atom. The molecule has 0 fully saturated rings. The van der Waals surface area contributed by atoms with Crippen molar-refractivity contribution in [3.8, 4) is 16.9 Å². The molecule has 0 bridgehead atoms. The average Bonchev–Trinajstić information content (AvgIpc) is 2.98. The molecule has 2 aromatic heterocycles. The Hall–Kier alpha value is -3.15. The summed E-state index contributed by atoms with van der Waals surface area (Å²) >= 11 is 0. The van der Waals surface area contributed by atoms with Gasteiger partial charge in [-0.25, -0.2) is 9.67 Å². The Bertz CT molecular complexity index is 1110. The van der Waals surface area contributed by atoms with Crippen LogP contribution in [0.15, 0.2) is 60.7 Å². The van der Waals surface area contributed by atoms with Gasteiger partial charge in [0.2, 0.25) is 0 Å². The topological polar surface area (TPSA) is 30.7 Å². The Morgan fingerprint density at radius 1 is 0.889 bits per heavy atom. The molecule has 0 spiro atoms. The Labute approximate surface area is 154 Å². The van der Waals surface area contributed by atoms with Crippen LogP contribution in [0.25, 0.3) is 28.0 Å². The van der Waals surface area contributed by atoms with Crippen LogP contribution in [0.2, 0.25) is 0 Å². The molecule has 0 aliphatic carbocycles. The molecule has 136 valence electrons. The lowest BCUT2D eigenvalue weighted by molar-refractivity contribution is -0.136. The molecule has 6 heteroatoms. The SMILES string of the molecule is Cc1ccc(-n2nc(C)c3c(C(F)(F)F)cc(-c4ccccc4)nc32)cc1. The van der Waals surface area contributed by atoms with Crippen molar-refractivity contribution in [3.05, 3.63) is 77.5 Å². The van der Waals surface area contributed by atoms with Gasteiger partial charge in [0.15, 0.2) is 5.65 Å². The first-order valence-electron chi connectivity index (χ1n) is 8.44. The van der Waals surface area contributed by atoms with Crippen LogP contribution < -0.4 is 0 Å². The molecule has 2 aromatic carbocycles. The first-order chi connectivity index (χ1) is 12.8. The number of rotatable bonds is 2. The summed E-state index contributed by atoms with van der Waals surface area (Å²) in [5.41, 5.74) is 2.39. The van der Waals surface area contributed by atoms with Crippen LogP contribution in [0.5, 0.6) is 0 Å². The summed E-state index contributed by atoms with van der Waals surface area (Å²) in [5, 5.41) is 4.38. The Morgan fingerprint density at radius 3 is 2.19 bits per heavy atom. The van der Waals surface area contributed by atoms with Crippen molar-refractivity contribution >= 4 is 11.0 Å². The Kier molecular flexibility index (Phi) is 3.98. The number of fused-ring (bicyclic) bond motifs is 1. The quantitative estimate of drug-likeness (QED) is 0.453. The van der Waals surface area contributed by atoms with E-state index in [9.17, 15) is 13.2 Å². The van der Waals surface area contributed by atoms with Gasteiger partial charge in [-0.15, -0.1) is 0 Å². The van der Waals surface area contributed by atoms with Gasteiger partial charge in [0.25, 0.3) is 0 Å². The summed E-state index contributed by atoms with van der Waals surface area (Å²) in [6.45, 7) is 3.52. The molecule has 27 heavy (non-hydrogen) atoms. The van der Waals surface area contributed by atoms with Crippen molar-refractivity contribution in [1.29, 1.82) is 0 Å². The number of benzene rings is 2. The van der Waals surface area contributed by atoms with E-state index in [0.29, 0.717) is 16.9 Å². The normalized spacial score (nSPS) is 11.9. The number of aryl methyl sites for hydroxylation is 2. The van der Waals surface area contributed by atoms with Crippen molar-refractivity contribution in [2.45, 2.75) is 20.0 Å². The summed E-state index contributed by atoms with van der Waals surface area (Å²) in [4.78, 5) is 4.54. The third kappa shape index (κ3) is 3.07. The fourth-order valence-electron chi connectivity index (χ4n) is 3.14. The van der Waals surface area contributed by atoms with Crippen LogP contribution in [0.3, 0.4) is 0 Å². The second kappa shape index (κ2) is 6.23. The summed E-state index contributed by atoms with van der Waals surface area (Å²) in [6, 6.07) is 17.4. The number of nitrogens with zero attached hydrogens (tertiary/aromatic N) is 3. The maximum atomic E-state index is 13.8. The van der Waals surface area contributed by atoms with Gasteiger partial charge in [0, 0.05) is 5.56 Å². The molecule has 4 rings (SSSR count). The zero-order chi connectivity index (χ0) is 19.2. The maximum Gasteiger partial charge on any atom is 0.417 e. The van der Waals surface area contributed by atoms with E-state index in [1.165, 1.54) is 4.68 Å². The minimum Gasteiger partial charge on any atom is -0.228 e. The summed E-state index contributed by atoms with van der Waals surface area (Å²) in [7, 11) is 0. The van der Waals surface area contributed by atoms with Gasteiger partial charge in [-0.05, 0) is 32.0 Å². The Balaban J connectivity index is 2.06. The standard InChI is InChI=1S/C21H16F3N3/c1-13-8-10-16(11-9-13)27-20-19(14(2)26-27)17(21(22,23)24)12-18(25-20)15-6-4-3-5-7-15/h3-12H,1-2H3. The van der Waals surface area contributed by atoms with E-state index in [2.05, 4.69) is 10.1 Å². The molecule has 0 atom stereocenters. The van der Waals surface area contributed by atoms with E-state index in [0.717, 1.165) is 11.6 Å². The molecule has 0 unspecified atom stereocenters. The minimum absolute atomic E-state index is 0.0303. The lowest BCUT2D eigenvalue weighted by Crippen LogP contribution is -2.08. The van der Waals surface area contributed by atoms with Crippen LogP contribution in [0.1, 0.15) is 16.8 Å². The van der Waals surface area contributed by atoms with Gasteiger partial charge in [-0.1, -0.05) is 48.0 Å². The van der Waals surface area contributed by atoms with E-state index >= 15 is 0 Å². The molecular formula is C21H16F3N3. The minimum atomic E-state index is -4.50. The second-order valence-electron chi connectivity index (χ2n) is 6.45. The highest BCUT2D eigenvalue weighted by atomic mass is 19.4. The predicted octanol–water partition coefficient (Wildman–Crippen LogP) is 5.72. The zero-order valence-electron chi connectivity index (χ0n) is 14.7. The largest absolute Gasteiger partial charge is 0.417 e. The molecule has 0 saturated carbocycles. The van der Waals surface area contributed by atoms with Gasteiger partial charge in [0.1, 0.15) is 0 Å². The van der Waals surface area contributed by atoms with Crippen LogP contribution >= 0.6 is 0 Å². The molecule has 2 heterocycles. The third-order valence-corrected chi connectivity index (χ3v) is 4.47. The fourth-order valence-corrected chi connectivity index (χ4v) is 3.14. The number of hydrogen-bond acceptors (Lipinski definition) is 2. The number of pyridine rings is 1. The van der Waals surface area contributed by atoms with E-state index < -0.39 is 11.7 Å². The van der Waals surface area contributed by atoms with Gasteiger partial charge >= 0.3 is 6.18 Å². The monoisotopic (exact) mass is 367 g/mol. The molecule has 0 aliphatic rings. The zero-order valence-corrected chi connectivity index (χ0v) is 14.7. The summed E-state index contributed by atoms with van der Waals surface area (Å²) in [5.74, 6) is 0. The number of hydrogen-bond donors (Lipinski definition) is 0. The smallest absolute Gasteiger partial charge is 0.228 e. The summed E-state index contributed by atoms with van der Waals surface area (Å²) in [6.07, 6.45) is -4.50. The molecular weight excluding hydrogens is 351 g/mol. The fraction of sp³-hybridized carbons (Fsp3) is 0.143. The van der Waals surface area contributed by atoms with Crippen LogP contribution in [-0.4, -0.2) is 14.8 Å². The van der Waals surface area contributed by atoms with Crippen molar-refractivity contribution in [2.75, 3.05) is 0 Å². The van der Waals surface area contributed by atoms with Crippen molar-refractivity contribution in [1.82, 2.24) is 14.8 Å². The lowest BCUT2D eigenvalue weighted by atomic mass is 10.1. The lowest BCUT2D eigenvalue weighted by Gasteiger charge is -2.12. The first kappa shape index (κ1) is 17.3. The van der Waals surface area contributed by atoms with Crippen LogP contribution in [0.4, 0.5) is 13.2 Å². The molecule has 0 aliphatic heterocycles. The second-order valence-corrected chi connectivity index (χ2v) is 6.45. The average molecular weight is 367 g/mol. The van der Waals surface area contributed by atoms with Crippen LogP contribution in [0, 0.1) is 13.8 Å². The van der Waals surface area contributed by atoms with Gasteiger partial charge in [-0.3, -0.25) is 0 Å². The highest BCUT2D eigenvalue weighted by molar-refractivity contribution is 5.86. The molecule has 0 radical (unpaired) electrons. The van der Waals surface area contributed by atoms with Crippen molar-refractivity contribution in [3.63, 3.8) is 0 Å². The number of alkyl halides is 3. The maximum absolute atomic E-state index is 13.8. The highest BCUT2D eigenvalue weighted by Crippen LogP contribution is 2.38. The first-order valence-corrected chi connectivity index (χ1v) is 8.44. The van der Waals surface area contributed by atoms with E-state index in [-0.39, 0.29) is 16.7 Å². The van der Waals surface area contributed by atoms with Crippen molar-refractivity contribution < 1.29 is 13.2 Å². The molecule has 0 saturated heterocycles. The molecule has 0 amide bonds. The summed E-state index contributed by atoms with van der Waals surface area (Å²) < 4.78 is 42.9. The third-order valence-electron chi connectivity index (χ3n) is 4.47. The van der Waals surface area contributed by atoms with Crippen molar-refractivity contribution in [2.24, 2.45) is 0 Å². The highest BCUT2D eigenvalue weighted by Gasteiger charge is 2.35. The van der Waals surface area contributed by atoms with Gasteiger partial charge < -0.3 is 0 Å². The van der Waals surface area contributed by atoms with Crippen LogP contribution in [-0.2, 0) is 6.18 Å². The van der Waals surface area contributed by atoms with Gasteiger partial charge in [0.05, 0.1) is 28.0 Å². The molecule has 4 aromatic rings. The van der Waals surface area contributed by atoms with E-state index in [1.54, 1.807) is 31.2 Å². The van der Waals surface area contributed by atoms with E-state index in [4.69, 9.17) is 0 Å². The van der Waals surface area contributed by atoms with Gasteiger partial charge in [-0.2, -0.15) is 18.3 Å². The predicted molar refractivity (Wildman–Crippen MR) is 98.8 cm³/mol. The molecule has 3 nitrogen and oxygen atoms in total. The number of aromatic nitrogens is 3. The molecule has 0 N–H and O–H groups in total.